The van der Waals surface area contributed by atoms with Crippen LogP contribution in [0, 0.1) is 0 Å². The van der Waals surface area contributed by atoms with Crippen molar-refractivity contribution in [3.63, 3.8) is 0 Å². The van der Waals surface area contributed by atoms with Crippen molar-refractivity contribution in [3.05, 3.63) is 60.2 Å². The van der Waals surface area contributed by atoms with Gasteiger partial charge in [-0.25, -0.2) is 8.42 Å². The highest BCUT2D eigenvalue weighted by Crippen LogP contribution is 2.20. The van der Waals surface area contributed by atoms with E-state index in [-0.39, 0.29) is 11.0 Å². The van der Waals surface area contributed by atoms with Gasteiger partial charge in [-0.3, -0.25) is 9.97 Å². The van der Waals surface area contributed by atoms with E-state index in [0.29, 0.717) is 5.75 Å². The van der Waals surface area contributed by atoms with Gasteiger partial charge in [0.2, 0.25) is 0 Å². The van der Waals surface area contributed by atoms with Gasteiger partial charge in [0.05, 0.1) is 15.9 Å². The molecule has 0 bridgehead atoms. The van der Waals surface area contributed by atoms with Crippen molar-refractivity contribution in [2.75, 3.05) is 23.0 Å². The molecule has 25 heavy (non-hydrogen) atoms. The van der Waals surface area contributed by atoms with Crippen LogP contribution in [-0.4, -0.2) is 51.2 Å². The molecule has 0 aliphatic rings. The Kier molecular flexibility index (Phi) is 8.74. The number of thioether (sulfide) groups is 2. The SMILES string of the molecule is O=S(=O)([O-])CC(CSCCc1ccccn1)SCCc1ccccn1. The summed E-state index contributed by atoms with van der Waals surface area (Å²) in [4.78, 5) is 8.52. The number of hydrogen-bond acceptors (Lipinski definition) is 7. The zero-order valence-corrected chi connectivity index (χ0v) is 16.2. The summed E-state index contributed by atoms with van der Waals surface area (Å²) in [5.74, 6) is 1.92. The van der Waals surface area contributed by atoms with Crippen LogP contribution in [0.5, 0.6) is 0 Å². The topological polar surface area (TPSA) is 83.0 Å². The van der Waals surface area contributed by atoms with Gasteiger partial charge in [0.1, 0.15) is 0 Å². The van der Waals surface area contributed by atoms with Crippen LogP contribution >= 0.6 is 23.5 Å². The Morgan fingerprint density at radius 1 is 0.960 bits per heavy atom. The molecule has 5 nitrogen and oxygen atoms in total. The molecular weight excluding hydrogens is 376 g/mol. The van der Waals surface area contributed by atoms with Crippen molar-refractivity contribution in [1.29, 1.82) is 0 Å². The van der Waals surface area contributed by atoms with Crippen molar-refractivity contribution < 1.29 is 13.0 Å². The molecule has 2 aromatic heterocycles. The molecule has 0 spiro atoms. The summed E-state index contributed by atoms with van der Waals surface area (Å²) >= 11 is 3.20. The molecule has 0 aliphatic carbocycles. The molecule has 0 amide bonds. The fourth-order valence-electron chi connectivity index (χ4n) is 2.19. The number of pyridine rings is 2. The summed E-state index contributed by atoms with van der Waals surface area (Å²) in [5.41, 5.74) is 1.99. The van der Waals surface area contributed by atoms with E-state index in [4.69, 9.17) is 0 Å². The zero-order chi connectivity index (χ0) is 18.0. The Morgan fingerprint density at radius 3 is 2.08 bits per heavy atom. The molecule has 1 unspecified atom stereocenters. The number of hydrogen-bond donors (Lipinski definition) is 0. The summed E-state index contributed by atoms with van der Waals surface area (Å²) in [6.45, 7) is 0. The maximum Gasteiger partial charge on any atom is 0.0957 e. The third-order valence-corrected chi connectivity index (χ3v) is 6.97. The summed E-state index contributed by atoms with van der Waals surface area (Å²) in [6.07, 6.45) is 5.10. The minimum Gasteiger partial charge on any atom is -0.748 e. The van der Waals surface area contributed by atoms with E-state index in [9.17, 15) is 13.0 Å². The van der Waals surface area contributed by atoms with Gasteiger partial charge in [-0.2, -0.15) is 23.5 Å². The minimum atomic E-state index is -4.22. The first-order valence-corrected chi connectivity index (χ1v) is 11.7. The lowest BCUT2D eigenvalue weighted by atomic mass is 10.3. The molecule has 0 N–H and O–H groups in total. The molecule has 0 fully saturated rings. The van der Waals surface area contributed by atoms with Crippen LogP contribution in [0.25, 0.3) is 0 Å². The van der Waals surface area contributed by atoms with Crippen LogP contribution in [-0.2, 0) is 23.0 Å². The van der Waals surface area contributed by atoms with Crippen LogP contribution in [0.2, 0.25) is 0 Å². The Bertz CT molecular complexity index is 712. The normalized spacial score (nSPS) is 12.8. The van der Waals surface area contributed by atoms with E-state index in [1.807, 2.05) is 36.4 Å². The van der Waals surface area contributed by atoms with Crippen LogP contribution < -0.4 is 0 Å². The van der Waals surface area contributed by atoms with Gasteiger partial charge < -0.3 is 4.55 Å². The Morgan fingerprint density at radius 2 is 1.56 bits per heavy atom. The fourth-order valence-corrected chi connectivity index (χ4v) is 6.03. The molecule has 0 saturated heterocycles. The highest BCUT2D eigenvalue weighted by atomic mass is 32.2. The number of rotatable bonds is 11. The van der Waals surface area contributed by atoms with Gasteiger partial charge in [0.25, 0.3) is 0 Å². The summed E-state index contributed by atoms with van der Waals surface area (Å²) in [5, 5.41) is -0.194. The molecule has 0 aliphatic heterocycles. The number of aromatic nitrogens is 2. The van der Waals surface area contributed by atoms with Crippen LogP contribution in [0.15, 0.2) is 48.8 Å². The zero-order valence-electron chi connectivity index (χ0n) is 13.8. The second-order valence-corrected chi connectivity index (χ2v) is 9.44. The third kappa shape index (κ3) is 9.25. The first-order valence-electron chi connectivity index (χ1n) is 7.95. The Labute approximate surface area is 157 Å². The van der Waals surface area contributed by atoms with Crippen molar-refractivity contribution >= 4 is 33.6 Å². The van der Waals surface area contributed by atoms with Gasteiger partial charge in [-0.05, 0) is 48.6 Å². The number of nitrogens with zero attached hydrogens (tertiary/aromatic N) is 2. The predicted octanol–water partition coefficient (Wildman–Crippen LogP) is 2.64. The fraction of sp³-hybridized carbons (Fsp3) is 0.412. The lowest BCUT2D eigenvalue weighted by Gasteiger charge is -2.18. The van der Waals surface area contributed by atoms with E-state index >= 15 is 0 Å². The molecule has 8 heteroatoms. The second-order valence-electron chi connectivity index (χ2n) is 5.43. The lowest BCUT2D eigenvalue weighted by Crippen LogP contribution is -2.21. The maximum absolute atomic E-state index is 11.1. The molecule has 0 radical (unpaired) electrons. The quantitative estimate of drug-likeness (QED) is 0.426. The summed E-state index contributed by atoms with van der Waals surface area (Å²) in [6, 6.07) is 11.5. The van der Waals surface area contributed by atoms with E-state index < -0.39 is 10.1 Å². The predicted molar refractivity (Wildman–Crippen MR) is 104 cm³/mol. The lowest BCUT2D eigenvalue weighted by molar-refractivity contribution is 0.463. The third-order valence-electron chi connectivity index (χ3n) is 3.36. The van der Waals surface area contributed by atoms with E-state index in [2.05, 4.69) is 9.97 Å². The average molecular weight is 398 g/mol. The van der Waals surface area contributed by atoms with Crippen LogP contribution in [0.1, 0.15) is 11.4 Å². The summed E-state index contributed by atoms with van der Waals surface area (Å²) in [7, 11) is -4.22. The van der Waals surface area contributed by atoms with Crippen molar-refractivity contribution in [2.24, 2.45) is 0 Å². The van der Waals surface area contributed by atoms with Crippen molar-refractivity contribution in [1.82, 2.24) is 9.97 Å². The second kappa shape index (κ2) is 10.8. The Hall–Kier alpha value is -1.09. The smallest absolute Gasteiger partial charge is 0.0957 e. The molecular formula is C17H21N2O3S3-. The largest absolute Gasteiger partial charge is 0.748 e. The highest BCUT2D eigenvalue weighted by molar-refractivity contribution is 8.04. The highest BCUT2D eigenvalue weighted by Gasteiger charge is 2.13. The van der Waals surface area contributed by atoms with Crippen LogP contribution in [0.3, 0.4) is 0 Å². The molecule has 0 saturated carbocycles. The van der Waals surface area contributed by atoms with Crippen molar-refractivity contribution in [2.45, 2.75) is 18.1 Å². The Balaban J connectivity index is 1.75. The average Bonchev–Trinajstić information content (AvgIpc) is 2.59. The van der Waals surface area contributed by atoms with Crippen LogP contribution in [0.4, 0.5) is 0 Å². The van der Waals surface area contributed by atoms with Crippen molar-refractivity contribution in [3.8, 4) is 0 Å². The summed E-state index contributed by atoms with van der Waals surface area (Å²) < 4.78 is 33.4. The standard InChI is InChI=1S/C17H22N2O3S3/c20-25(21,22)14-17(24-12-8-16-6-2-4-10-19-16)13-23-11-7-15-5-1-3-9-18-15/h1-6,9-10,17H,7-8,11-14H2,(H,20,21,22)/p-1. The molecule has 2 rings (SSSR count). The van der Waals surface area contributed by atoms with Gasteiger partial charge >= 0.3 is 0 Å². The molecule has 0 aromatic carbocycles. The molecule has 2 aromatic rings. The first kappa shape index (κ1) is 20.2. The minimum absolute atomic E-state index is 0.194. The van der Waals surface area contributed by atoms with Gasteiger partial charge in [0.15, 0.2) is 0 Å². The molecule has 136 valence electrons. The monoisotopic (exact) mass is 397 g/mol. The van der Waals surface area contributed by atoms with E-state index in [0.717, 1.165) is 35.7 Å². The van der Waals surface area contributed by atoms with Gasteiger partial charge in [-0.15, -0.1) is 0 Å². The maximum atomic E-state index is 11.1. The van der Waals surface area contributed by atoms with Gasteiger partial charge in [0, 0.05) is 34.8 Å². The number of aryl methyl sites for hydroxylation is 2. The first-order chi connectivity index (χ1) is 12.0. The van der Waals surface area contributed by atoms with Gasteiger partial charge in [-0.1, -0.05) is 12.1 Å². The molecule has 2 heterocycles. The van der Waals surface area contributed by atoms with E-state index in [1.165, 1.54) is 11.8 Å². The molecule has 1 atom stereocenters. The van der Waals surface area contributed by atoms with E-state index in [1.54, 1.807) is 24.2 Å².